The van der Waals surface area contributed by atoms with Crippen LogP contribution in [0.4, 0.5) is 5.69 Å². The monoisotopic (exact) mass is 434 g/mol. The summed E-state index contributed by atoms with van der Waals surface area (Å²) in [5, 5.41) is 11.9. The molecule has 0 spiro atoms. The van der Waals surface area contributed by atoms with Gasteiger partial charge in [-0.25, -0.2) is 14.6 Å². The minimum absolute atomic E-state index is 0.241. The molecule has 0 aliphatic heterocycles. The molecule has 0 aromatic carbocycles. The van der Waals surface area contributed by atoms with Gasteiger partial charge in [-0.2, -0.15) is 5.10 Å². The highest BCUT2D eigenvalue weighted by Crippen LogP contribution is 2.27. The predicted octanol–water partition coefficient (Wildman–Crippen LogP) is 4.43. The zero-order valence-electron chi connectivity index (χ0n) is 17.7. The van der Waals surface area contributed by atoms with Crippen LogP contribution < -0.4 is 5.32 Å². The summed E-state index contributed by atoms with van der Waals surface area (Å²) < 4.78 is 6.98. The molecule has 0 unspecified atom stereocenters. The summed E-state index contributed by atoms with van der Waals surface area (Å²) in [6.45, 7) is 7.70. The van der Waals surface area contributed by atoms with Gasteiger partial charge in [0.25, 0.3) is 5.91 Å². The van der Waals surface area contributed by atoms with Crippen molar-refractivity contribution in [3.8, 4) is 5.82 Å². The third kappa shape index (κ3) is 4.51. The van der Waals surface area contributed by atoms with Crippen LogP contribution >= 0.6 is 11.8 Å². The quantitative estimate of drug-likeness (QED) is 0.448. The van der Waals surface area contributed by atoms with Crippen molar-refractivity contribution >= 4 is 23.4 Å². The maximum Gasteiger partial charge on any atom is 0.258 e. The molecule has 31 heavy (non-hydrogen) atoms. The molecular formula is C22H22N6O2S. The average molecular weight is 435 g/mol. The Balaban J connectivity index is 1.48. The Hall–Kier alpha value is -3.46. The van der Waals surface area contributed by atoms with E-state index in [0.29, 0.717) is 27.8 Å². The van der Waals surface area contributed by atoms with Crippen molar-refractivity contribution in [2.24, 2.45) is 0 Å². The van der Waals surface area contributed by atoms with Crippen molar-refractivity contribution in [1.82, 2.24) is 24.9 Å². The Morgan fingerprint density at radius 1 is 1.16 bits per heavy atom. The normalized spacial score (nSPS) is 11.0. The molecule has 0 saturated heterocycles. The average Bonchev–Trinajstić information content (AvgIpc) is 3.27. The zero-order chi connectivity index (χ0) is 22.0. The Morgan fingerprint density at radius 2 is 2.00 bits per heavy atom. The lowest BCUT2D eigenvalue weighted by molar-refractivity contribution is 0.102. The van der Waals surface area contributed by atoms with Crippen molar-refractivity contribution in [1.29, 1.82) is 0 Å². The summed E-state index contributed by atoms with van der Waals surface area (Å²) in [5.41, 5.74) is 4.89. The van der Waals surface area contributed by atoms with Crippen LogP contribution in [-0.2, 0) is 5.75 Å². The Morgan fingerprint density at radius 3 is 2.65 bits per heavy atom. The highest BCUT2D eigenvalue weighted by atomic mass is 32.2. The summed E-state index contributed by atoms with van der Waals surface area (Å²) in [6, 6.07) is 9.13. The molecule has 4 rings (SSSR count). The first-order valence-corrected chi connectivity index (χ1v) is 10.7. The maximum atomic E-state index is 12.9. The van der Waals surface area contributed by atoms with E-state index in [-0.39, 0.29) is 5.91 Å². The number of amides is 1. The molecule has 0 aliphatic carbocycles. The fraction of sp³-hybridized carbons (Fsp3) is 0.227. The van der Waals surface area contributed by atoms with E-state index in [0.717, 1.165) is 28.4 Å². The second-order valence-corrected chi connectivity index (χ2v) is 8.11. The zero-order valence-corrected chi connectivity index (χ0v) is 18.5. The van der Waals surface area contributed by atoms with Gasteiger partial charge in [0.05, 0.1) is 28.8 Å². The minimum Gasteiger partial charge on any atom is -0.361 e. The molecule has 9 heteroatoms. The molecule has 0 radical (unpaired) electrons. The highest BCUT2D eigenvalue weighted by molar-refractivity contribution is 7.98. The highest BCUT2D eigenvalue weighted by Gasteiger charge is 2.16. The molecule has 1 amide bonds. The second kappa shape index (κ2) is 8.73. The van der Waals surface area contributed by atoms with E-state index in [2.05, 4.69) is 25.5 Å². The number of hydrogen-bond donors (Lipinski definition) is 1. The molecule has 4 heterocycles. The third-order valence-electron chi connectivity index (χ3n) is 4.78. The van der Waals surface area contributed by atoms with E-state index in [1.165, 1.54) is 11.8 Å². The number of hydrogen-bond acceptors (Lipinski definition) is 7. The van der Waals surface area contributed by atoms with E-state index < -0.39 is 0 Å². The molecule has 0 aliphatic rings. The molecule has 4 aromatic heterocycles. The first-order valence-electron chi connectivity index (χ1n) is 9.73. The van der Waals surface area contributed by atoms with Crippen LogP contribution in [-0.4, -0.2) is 30.8 Å². The molecule has 1 N–H and O–H groups in total. The molecular weight excluding hydrogens is 412 g/mol. The van der Waals surface area contributed by atoms with E-state index >= 15 is 0 Å². The van der Waals surface area contributed by atoms with Crippen molar-refractivity contribution in [2.45, 2.75) is 38.5 Å². The minimum atomic E-state index is -0.241. The summed E-state index contributed by atoms with van der Waals surface area (Å²) in [7, 11) is 0. The fourth-order valence-electron chi connectivity index (χ4n) is 3.17. The van der Waals surface area contributed by atoms with Gasteiger partial charge in [-0.05, 0) is 58.0 Å². The van der Waals surface area contributed by atoms with Crippen LogP contribution in [0.15, 0.2) is 52.3 Å². The number of carbonyl (C=O) groups is 1. The third-order valence-corrected chi connectivity index (χ3v) is 5.81. The van der Waals surface area contributed by atoms with Gasteiger partial charge < -0.3 is 9.84 Å². The lowest BCUT2D eigenvalue weighted by Crippen LogP contribution is -2.14. The first-order chi connectivity index (χ1) is 14.9. The van der Waals surface area contributed by atoms with E-state index in [1.807, 2.05) is 45.9 Å². The van der Waals surface area contributed by atoms with Crippen LogP contribution in [0.3, 0.4) is 0 Å². The van der Waals surface area contributed by atoms with Gasteiger partial charge >= 0.3 is 0 Å². The molecule has 0 saturated carbocycles. The van der Waals surface area contributed by atoms with Gasteiger partial charge in [-0.3, -0.25) is 4.79 Å². The standard InChI is InChI=1S/C22H22N6O2S/c1-13-10-14(2)28(26-13)20-8-7-17(11-24-20)25-21(29)18-6-5-9-23-22(18)31-12-19-15(3)27-30-16(19)4/h5-11H,12H2,1-4H3,(H,25,29). The number of aromatic nitrogens is 5. The molecule has 0 bridgehead atoms. The number of aryl methyl sites for hydroxylation is 4. The van der Waals surface area contributed by atoms with E-state index in [9.17, 15) is 4.79 Å². The molecule has 0 atom stereocenters. The number of rotatable bonds is 6. The van der Waals surface area contributed by atoms with Gasteiger partial charge in [0.2, 0.25) is 0 Å². The lowest BCUT2D eigenvalue weighted by Gasteiger charge is -2.10. The SMILES string of the molecule is Cc1cc(C)n(-c2ccc(NC(=O)c3cccnc3SCc3c(C)noc3C)cn2)n1. The molecule has 8 nitrogen and oxygen atoms in total. The smallest absolute Gasteiger partial charge is 0.258 e. The van der Waals surface area contributed by atoms with Crippen molar-refractivity contribution in [3.05, 3.63) is 76.7 Å². The van der Waals surface area contributed by atoms with Gasteiger partial charge in [0, 0.05) is 23.2 Å². The van der Waals surface area contributed by atoms with Crippen molar-refractivity contribution < 1.29 is 9.32 Å². The molecule has 4 aromatic rings. The van der Waals surface area contributed by atoms with E-state index in [4.69, 9.17) is 4.52 Å². The molecule has 158 valence electrons. The largest absolute Gasteiger partial charge is 0.361 e. The summed E-state index contributed by atoms with van der Waals surface area (Å²) in [6.07, 6.45) is 3.30. The van der Waals surface area contributed by atoms with Crippen LogP contribution in [0, 0.1) is 27.7 Å². The second-order valence-electron chi connectivity index (χ2n) is 7.15. The fourth-order valence-corrected chi connectivity index (χ4v) is 4.32. The number of pyridine rings is 2. The van der Waals surface area contributed by atoms with Gasteiger partial charge in [0.1, 0.15) is 10.8 Å². The molecule has 0 fully saturated rings. The topological polar surface area (TPSA) is 98.7 Å². The summed E-state index contributed by atoms with van der Waals surface area (Å²) in [5.74, 6) is 1.86. The Labute approximate surface area is 184 Å². The number of thioether (sulfide) groups is 1. The predicted molar refractivity (Wildman–Crippen MR) is 119 cm³/mol. The van der Waals surface area contributed by atoms with Gasteiger partial charge in [-0.1, -0.05) is 5.16 Å². The first kappa shape index (κ1) is 20.8. The van der Waals surface area contributed by atoms with Crippen molar-refractivity contribution in [2.75, 3.05) is 5.32 Å². The van der Waals surface area contributed by atoms with Crippen LogP contribution in [0.25, 0.3) is 5.82 Å². The van der Waals surface area contributed by atoms with Crippen molar-refractivity contribution in [3.63, 3.8) is 0 Å². The number of nitrogens with zero attached hydrogens (tertiary/aromatic N) is 5. The number of nitrogens with one attached hydrogen (secondary N) is 1. The van der Waals surface area contributed by atoms with Crippen LogP contribution in [0.1, 0.15) is 38.8 Å². The Kier molecular flexibility index (Phi) is 5.85. The van der Waals surface area contributed by atoms with Gasteiger partial charge in [0.15, 0.2) is 5.82 Å². The maximum absolute atomic E-state index is 12.9. The van der Waals surface area contributed by atoms with Crippen LogP contribution in [0.2, 0.25) is 0 Å². The summed E-state index contributed by atoms with van der Waals surface area (Å²) >= 11 is 1.48. The number of anilines is 1. The van der Waals surface area contributed by atoms with Gasteiger partial charge in [-0.15, -0.1) is 11.8 Å². The Bertz CT molecular complexity index is 1210. The van der Waals surface area contributed by atoms with Crippen LogP contribution in [0.5, 0.6) is 0 Å². The van der Waals surface area contributed by atoms with E-state index in [1.54, 1.807) is 29.2 Å². The summed E-state index contributed by atoms with van der Waals surface area (Å²) in [4.78, 5) is 21.7. The lowest BCUT2D eigenvalue weighted by atomic mass is 10.2. The number of carbonyl (C=O) groups excluding carboxylic acids is 1.